The molecule has 0 atom stereocenters. The maximum absolute atomic E-state index is 5.80. The van der Waals surface area contributed by atoms with Crippen molar-refractivity contribution in [3.8, 4) is 11.5 Å². The summed E-state index contributed by atoms with van der Waals surface area (Å²) >= 11 is 1.74. The Kier molecular flexibility index (Phi) is 5.44. The summed E-state index contributed by atoms with van der Waals surface area (Å²) in [5.74, 6) is 1.74. The average Bonchev–Trinajstić information content (AvgIpc) is 2.84. The van der Waals surface area contributed by atoms with Crippen LogP contribution in [0, 0.1) is 6.92 Å². The van der Waals surface area contributed by atoms with E-state index < -0.39 is 0 Å². The smallest absolute Gasteiger partial charge is 0.120 e. The van der Waals surface area contributed by atoms with Crippen LogP contribution in [0.3, 0.4) is 0 Å². The highest BCUT2D eigenvalue weighted by molar-refractivity contribution is 7.12. The third kappa shape index (κ3) is 3.99. The summed E-state index contributed by atoms with van der Waals surface area (Å²) in [6.45, 7) is 6.11. The average molecular weight is 291 g/mol. The first kappa shape index (κ1) is 14.9. The minimum Gasteiger partial charge on any atom is -0.494 e. The zero-order valence-corrected chi connectivity index (χ0v) is 12.8. The van der Waals surface area contributed by atoms with Crippen LogP contribution in [0.15, 0.2) is 30.3 Å². The highest BCUT2D eigenvalue weighted by Crippen LogP contribution is 2.24. The lowest BCUT2D eigenvalue weighted by atomic mass is 10.2. The molecular formula is C16H21NO2S. The summed E-state index contributed by atoms with van der Waals surface area (Å²) in [4.78, 5) is 2.47. The third-order valence-electron chi connectivity index (χ3n) is 2.96. The molecule has 0 fully saturated rings. The largest absolute Gasteiger partial charge is 0.494 e. The van der Waals surface area contributed by atoms with Crippen LogP contribution in [-0.2, 0) is 13.2 Å². The van der Waals surface area contributed by atoms with E-state index in [1.807, 2.05) is 24.3 Å². The van der Waals surface area contributed by atoms with E-state index in [0.717, 1.165) is 24.5 Å². The Morgan fingerprint density at radius 2 is 1.75 bits per heavy atom. The highest BCUT2D eigenvalue weighted by Gasteiger charge is 2.05. The van der Waals surface area contributed by atoms with E-state index in [1.165, 1.54) is 15.3 Å². The van der Waals surface area contributed by atoms with E-state index in [9.17, 15) is 0 Å². The topological polar surface area (TPSA) is 44.5 Å². The molecule has 0 aliphatic rings. The maximum atomic E-state index is 5.80. The Balaban J connectivity index is 1.91. The van der Waals surface area contributed by atoms with E-state index in [1.54, 1.807) is 11.3 Å². The van der Waals surface area contributed by atoms with Crippen molar-refractivity contribution in [1.82, 2.24) is 0 Å². The molecule has 1 aromatic heterocycles. The molecule has 0 saturated heterocycles. The summed E-state index contributed by atoms with van der Waals surface area (Å²) in [5.41, 5.74) is 6.86. The van der Waals surface area contributed by atoms with Crippen LogP contribution in [0.4, 0.5) is 0 Å². The molecule has 20 heavy (non-hydrogen) atoms. The van der Waals surface area contributed by atoms with Gasteiger partial charge in [0.2, 0.25) is 0 Å². The number of thiophene rings is 1. The molecule has 0 aliphatic carbocycles. The Labute approximate surface area is 124 Å². The van der Waals surface area contributed by atoms with E-state index in [0.29, 0.717) is 13.2 Å². The molecule has 108 valence electrons. The number of ether oxygens (including phenoxy) is 2. The number of hydrogen-bond acceptors (Lipinski definition) is 4. The SMILES string of the molecule is CCCOc1ccc(OCc2cc(CN)sc2C)cc1. The summed E-state index contributed by atoms with van der Waals surface area (Å²) in [6, 6.07) is 9.89. The Hall–Kier alpha value is -1.52. The normalized spacial score (nSPS) is 10.6. The lowest BCUT2D eigenvalue weighted by Crippen LogP contribution is -1.97. The number of rotatable bonds is 7. The molecule has 2 N–H and O–H groups in total. The highest BCUT2D eigenvalue weighted by atomic mass is 32.1. The summed E-state index contributed by atoms with van der Waals surface area (Å²) in [6.07, 6.45) is 1.01. The van der Waals surface area contributed by atoms with Crippen LogP contribution in [-0.4, -0.2) is 6.61 Å². The van der Waals surface area contributed by atoms with Crippen molar-refractivity contribution in [2.45, 2.75) is 33.4 Å². The van der Waals surface area contributed by atoms with Gasteiger partial charge in [-0.1, -0.05) is 6.92 Å². The van der Waals surface area contributed by atoms with Gasteiger partial charge in [0.15, 0.2) is 0 Å². The molecule has 0 bridgehead atoms. The van der Waals surface area contributed by atoms with Crippen molar-refractivity contribution in [2.24, 2.45) is 5.73 Å². The van der Waals surface area contributed by atoms with Gasteiger partial charge >= 0.3 is 0 Å². The fourth-order valence-corrected chi connectivity index (χ4v) is 2.77. The molecule has 0 amide bonds. The number of hydrogen-bond donors (Lipinski definition) is 1. The standard InChI is InChI=1S/C16H21NO2S/c1-3-8-18-14-4-6-15(7-5-14)19-11-13-9-16(10-17)20-12(13)2/h4-7,9H,3,8,10-11,17H2,1-2H3. The van der Waals surface area contributed by atoms with Gasteiger partial charge in [0, 0.05) is 21.9 Å². The van der Waals surface area contributed by atoms with Crippen LogP contribution >= 0.6 is 11.3 Å². The first-order valence-electron chi connectivity index (χ1n) is 6.87. The van der Waals surface area contributed by atoms with E-state index in [4.69, 9.17) is 15.2 Å². The van der Waals surface area contributed by atoms with E-state index in [-0.39, 0.29) is 0 Å². The molecule has 0 saturated carbocycles. The van der Waals surface area contributed by atoms with Crippen LogP contribution < -0.4 is 15.2 Å². The number of benzene rings is 1. The molecule has 2 rings (SSSR count). The number of nitrogens with two attached hydrogens (primary N) is 1. The van der Waals surface area contributed by atoms with Gasteiger partial charge < -0.3 is 15.2 Å². The van der Waals surface area contributed by atoms with Crippen molar-refractivity contribution in [3.05, 3.63) is 45.6 Å². The van der Waals surface area contributed by atoms with Gasteiger partial charge in [0.25, 0.3) is 0 Å². The lowest BCUT2D eigenvalue weighted by molar-refractivity contribution is 0.301. The quantitative estimate of drug-likeness (QED) is 0.842. The monoisotopic (exact) mass is 291 g/mol. The van der Waals surface area contributed by atoms with E-state index >= 15 is 0 Å². The lowest BCUT2D eigenvalue weighted by Gasteiger charge is -2.08. The van der Waals surface area contributed by atoms with Crippen molar-refractivity contribution >= 4 is 11.3 Å². The minimum absolute atomic E-state index is 0.581. The van der Waals surface area contributed by atoms with Crippen molar-refractivity contribution in [2.75, 3.05) is 6.61 Å². The third-order valence-corrected chi connectivity index (χ3v) is 4.08. The Morgan fingerprint density at radius 3 is 2.30 bits per heavy atom. The molecular weight excluding hydrogens is 270 g/mol. The van der Waals surface area contributed by atoms with E-state index in [2.05, 4.69) is 19.9 Å². The van der Waals surface area contributed by atoms with Gasteiger partial charge in [-0.15, -0.1) is 11.3 Å². The zero-order chi connectivity index (χ0) is 14.4. The van der Waals surface area contributed by atoms with Crippen molar-refractivity contribution < 1.29 is 9.47 Å². The van der Waals surface area contributed by atoms with Crippen LogP contribution in [0.1, 0.15) is 28.7 Å². The second-order valence-electron chi connectivity index (χ2n) is 4.61. The molecule has 0 aliphatic heterocycles. The fraction of sp³-hybridized carbons (Fsp3) is 0.375. The summed E-state index contributed by atoms with van der Waals surface area (Å²) < 4.78 is 11.3. The zero-order valence-electron chi connectivity index (χ0n) is 12.0. The van der Waals surface area contributed by atoms with Gasteiger partial charge in [-0.25, -0.2) is 0 Å². The number of aryl methyl sites for hydroxylation is 1. The predicted molar refractivity (Wildman–Crippen MR) is 83.5 cm³/mol. The summed E-state index contributed by atoms with van der Waals surface area (Å²) in [5, 5.41) is 0. The van der Waals surface area contributed by atoms with Gasteiger partial charge in [-0.2, -0.15) is 0 Å². The van der Waals surface area contributed by atoms with Crippen LogP contribution in [0.25, 0.3) is 0 Å². The van der Waals surface area contributed by atoms with Gasteiger partial charge in [-0.3, -0.25) is 0 Å². The molecule has 2 aromatic rings. The summed E-state index contributed by atoms with van der Waals surface area (Å²) in [7, 11) is 0. The van der Waals surface area contributed by atoms with Crippen molar-refractivity contribution in [3.63, 3.8) is 0 Å². The molecule has 0 spiro atoms. The molecule has 0 unspecified atom stereocenters. The molecule has 0 radical (unpaired) electrons. The second-order valence-corrected chi connectivity index (χ2v) is 5.95. The molecule has 1 aromatic carbocycles. The van der Waals surface area contributed by atoms with Gasteiger partial charge in [0.05, 0.1) is 6.61 Å². The van der Waals surface area contributed by atoms with Gasteiger partial charge in [0.1, 0.15) is 18.1 Å². The van der Waals surface area contributed by atoms with Gasteiger partial charge in [-0.05, 0) is 43.7 Å². The molecule has 3 nitrogen and oxygen atoms in total. The second kappa shape index (κ2) is 7.31. The Bertz CT molecular complexity index is 534. The molecule has 1 heterocycles. The fourth-order valence-electron chi connectivity index (χ4n) is 1.84. The Morgan fingerprint density at radius 1 is 1.10 bits per heavy atom. The molecule has 4 heteroatoms. The predicted octanol–water partition coefficient (Wildman–Crippen LogP) is 3.88. The first-order chi connectivity index (χ1) is 9.72. The van der Waals surface area contributed by atoms with Crippen LogP contribution in [0.5, 0.6) is 11.5 Å². The first-order valence-corrected chi connectivity index (χ1v) is 7.68. The minimum atomic E-state index is 0.581. The van der Waals surface area contributed by atoms with Crippen molar-refractivity contribution in [1.29, 1.82) is 0 Å². The maximum Gasteiger partial charge on any atom is 0.120 e. The van der Waals surface area contributed by atoms with Crippen LogP contribution in [0.2, 0.25) is 0 Å².